The number of hydrogen-bond donors (Lipinski definition) is 1. The fourth-order valence-electron chi connectivity index (χ4n) is 2.14. The van der Waals surface area contributed by atoms with Crippen molar-refractivity contribution in [2.75, 3.05) is 39.4 Å². The number of aromatic nitrogens is 1. The smallest absolute Gasteiger partial charge is 0.0941 e. The van der Waals surface area contributed by atoms with Crippen molar-refractivity contribution in [2.45, 2.75) is 32.7 Å². The monoisotopic (exact) mass is 283 g/mol. The molecule has 1 aromatic heterocycles. The van der Waals surface area contributed by atoms with Gasteiger partial charge >= 0.3 is 0 Å². The Balaban J connectivity index is 1.65. The van der Waals surface area contributed by atoms with Gasteiger partial charge in [0.25, 0.3) is 0 Å². The molecular formula is C14H25N3OS. The Labute approximate surface area is 120 Å². The normalized spacial score (nSPS) is 16.9. The fraction of sp³-hybridized carbons (Fsp3) is 0.786. The van der Waals surface area contributed by atoms with Crippen LogP contribution < -0.4 is 5.32 Å². The van der Waals surface area contributed by atoms with Crippen molar-refractivity contribution < 1.29 is 4.74 Å². The average Bonchev–Trinajstić information content (AvgIpc) is 2.91. The van der Waals surface area contributed by atoms with Crippen LogP contribution in [0.15, 0.2) is 5.38 Å². The summed E-state index contributed by atoms with van der Waals surface area (Å²) in [7, 11) is 0. The molecule has 0 amide bonds. The van der Waals surface area contributed by atoms with E-state index in [2.05, 4.69) is 22.5 Å². The highest BCUT2D eigenvalue weighted by Crippen LogP contribution is 2.11. The van der Waals surface area contributed by atoms with Crippen LogP contribution in [0.3, 0.4) is 0 Å². The lowest BCUT2D eigenvalue weighted by molar-refractivity contribution is 0.0384. The van der Waals surface area contributed by atoms with E-state index in [0.717, 1.165) is 52.4 Å². The second-order valence-electron chi connectivity index (χ2n) is 4.97. The van der Waals surface area contributed by atoms with Crippen molar-refractivity contribution in [2.24, 2.45) is 0 Å². The number of unbranched alkanes of at least 4 members (excludes halogenated alkanes) is 1. The van der Waals surface area contributed by atoms with E-state index in [4.69, 9.17) is 9.72 Å². The quantitative estimate of drug-likeness (QED) is 0.740. The number of morpholine rings is 1. The summed E-state index contributed by atoms with van der Waals surface area (Å²) >= 11 is 1.79. The number of rotatable bonds is 8. The molecule has 1 fully saturated rings. The lowest BCUT2D eigenvalue weighted by Gasteiger charge is -2.25. The molecule has 0 bridgehead atoms. The molecule has 1 saturated heterocycles. The Bertz CT molecular complexity index is 350. The molecule has 1 aromatic rings. The van der Waals surface area contributed by atoms with Gasteiger partial charge in [-0.1, -0.05) is 13.3 Å². The molecule has 5 heteroatoms. The third-order valence-electron chi connectivity index (χ3n) is 3.36. The first kappa shape index (κ1) is 14.9. The first-order valence-corrected chi connectivity index (χ1v) is 8.20. The molecular weight excluding hydrogens is 258 g/mol. The molecule has 0 unspecified atom stereocenters. The van der Waals surface area contributed by atoms with Gasteiger partial charge in [0.2, 0.25) is 0 Å². The zero-order valence-corrected chi connectivity index (χ0v) is 12.7. The van der Waals surface area contributed by atoms with E-state index in [1.807, 2.05) is 0 Å². The van der Waals surface area contributed by atoms with Crippen molar-refractivity contribution in [3.8, 4) is 0 Å². The fourth-order valence-corrected chi connectivity index (χ4v) is 2.93. The van der Waals surface area contributed by atoms with Gasteiger partial charge in [-0.05, 0) is 13.0 Å². The van der Waals surface area contributed by atoms with Crippen molar-refractivity contribution in [1.29, 1.82) is 0 Å². The van der Waals surface area contributed by atoms with Gasteiger partial charge in [-0.2, -0.15) is 0 Å². The zero-order valence-electron chi connectivity index (χ0n) is 11.9. The highest BCUT2D eigenvalue weighted by Gasteiger charge is 2.11. The molecule has 4 nitrogen and oxygen atoms in total. The van der Waals surface area contributed by atoms with Crippen LogP contribution in [-0.2, 0) is 17.7 Å². The minimum absolute atomic E-state index is 0.879. The molecule has 0 aromatic carbocycles. The number of thiazole rings is 1. The predicted octanol–water partition coefficient (Wildman–Crippen LogP) is 1.91. The highest BCUT2D eigenvalue weighted by atomic mass is 32.1. The largest absolute Gasteiger partial charge is 0.379 e. The minimum Gasteiger partial charge on any atom is -0.379 e. The van der Waals surface area contributed by atoms with Gasteiger partial charge in [-0.3, -0.25) is 4.90 Å². The van der Waals surface area contributed by atoms with Crippen LogP contribution in [0.2, 0.25) is 0 Å². The van der Waals surface area contributed by atoms with Crippen molar-refractivity contribution >= 4 is 11.3 Å². The van der Waals surface area contributed by atoms with Crippen LogP contribution in [0.1, 0.15) is 30.5 Å². The summed E-state index contributed by atoms with van der Waals surface area (Å²) in [5.41, 5.74) is 1.19. The van der Waals surface area contributed by atoms with E-state index in [0.29, 0.717) is 0 Å². The summed E-state index contributed by atoms with van der Waals surface area (Å²) in [5.74, 6) is 0. The Hall–Kier alpha value is -0.490. The van der Waals surface area contributed by atoms with Gasteiger partial charge in [0.05, 0.1) is 23.9 Å². The molecule has 2 heterocycles. The molecule has 1 N–H and O–H groups in total. The maximum absolute atomic E-state index is 5.36. The number of ether oxygens (including phenoxy) is 1. The highest BCUT2D eigenvalue weighted by molar-refractivity contribution is 7.09. The Morgan fingerprint density at radius 2 is 2.26 bits per heavy atom. The summed E-state index contributed by atoms with van der Waals surface area (Å²) in [6, 6.07) is 0. The molecule has 1 aliphatic rings. The molecule has 0 spiro atoms. The van der Waals surface area contributed by atoms with Gasteiger partial charge in [0.15, 0.2) is 0 Å². The summed E-state index contributed by atoms with van der Waals surface area (Å²) in [4.78, 5) is 7.15. The van der Waals surface area contributed by atoms with Gasteiger partial charge in [0, 0.05) is 38.0 Å². The van der Waals surface area contributed by atoms with Crippen molar-refractivity contribution in [3.63, 3.8) is 0 Å². The van der Waals surface area contributed by atoms with Gasteiger partial charge in [-0.15, -0.1) is 11.3 Å². The molecule has 1 aliphatic heterocycles. The van der Waals surface area contributed by atoms with Gasteiger partial charge in [0.1, 0.15) is 0 Å². The average molecular weight is 283 g/mol. The molecule has 0 aliphatic carbocycles. The zero-order chi connectivity index (χ0) is 13.3. The SMILES string of the molecule is CCCCNCc1csc(CCN2CCOCC2)n1. The van der Waals surface area contributed by atoms with E-state index in [9.17, 15) is 0 Å². The number of nitrogens with one attached hydrogen (secondary N) is 1. The van der Waals surface area contributed by atoms with Crippen molar-refractivity contribution in [3.05, 3.63) is 16.1 Å². The maximum Gasteiger partial charge on any atom is 0.0941 e. The van der Waals surface area contributed by atoms with Crippen LogP contribution in [0.25, 0.3) is 0 Å². The van der Waals surface area contributed by atoms with Crippen LogP contribution in [0.4, 0.5) is 0 Å². The number of hydrogen-bond acceptors (Lipinski definition) is 5. The first-order valence-electron chi connectivity index (χ1n) is 7.32. The number of nitrogens with zero attached hydrogens (tertiary/aromatic N) is 2. The topological polar surface area (TPSA) is 37.4 Å². The Kier molecular flexibility index (Phi) is 6.78. The standard InChI is InChI=1S/C14H25N3OS/c1-2-3-5-15-11-13-12-19-14(16-13)4-6-17-7-9-18-10-8-17/h12,15H,2-11H2,1H3. The Morgan fingerprint density at radius 1 is 1.42 bits per heavy atom. The van der Waals surface area contributed by atoms with Crippen LogP contribution in [0, 0.1) is 0 Å². The third-order valence-corrected chi connectivity index (χ3v) is 4.32. The summed E-state index contributed by atoms with van der Waals surface area (Å²) in [6.07, 6.45) is 3.56. The lowest BCUT2D eigenvalue weighted by Crippen LogP contribution is -2.37. The summed E-state index contributed by atoms with van der Waals surface area (Å²) in [5, 5.41) is 6.89. The lowest BCUT2D eigenvalue weighted by atomic mass is 10.3. The van der Waals surface area contributed by atoms with Gasteiger partial charge < -0.3 is 10.1 Å². The van der Waals surface area contributed by atoms with Crippen molar-refractivity contribution in [1.82, 2.24) is 15.2 Å². The molecule has 2 rings (SSSR count). The molecule has 0 atom stereocenters. The minimum atomic E-state index is 0.879. The first-order chi connectivity index (χ1) is 9.38. The van der Waals surface area contributed by atoms with Crippen LogP contribution in [-0.4, -0.2) is 49.3 Å². The molecule has 19 heavy (non-hydrogen) atoms. The second kappa shape index (κ2) is 8.64. The maximum atomic E-state index is 5.36. The van der Waals surface area contributed by atoms with E-state index in [-0.39, 0.29) is 0 Å². The summed E-state index contributed by atoms with van der Waals surface area (Å²) < 4.78 is 5.36. The van der Waals surface area contributed by atoms with Gasteiger partial charge in [-0.25, -0.2) is 4.98 Å². The van der Waals surface area contributed by atoms with Crippen LogP contribution in [0.5, 0.6) is 0 Å². The molecule has 0 radical (unpaired) electrons. The Morgan fingerprint density at radius 3 is 3.05 bits per heavy atom. The summed E-state index contributed by atoms with van der Waals surface area (Å²) in [6.45, 7) is 9.22. The van der Waals surface area contributed by atoms with E-state index < -0.39 is 0 Å². The van der Waals surface area contributed by atoms with E-state index in [1.54, 1.807) is 11.3 Å². The second-order valence-corrected chi connectivity index (χ2v) is 5.91. The van der Waals surface area contributed by atoms with E-state index in [1.165, 1.54) is 23.5 Å². The molecule has 0 saturated carbocycles. The predicted molar refractivity (Wildman–Crippen MR) is 79.7 cm³/mol. The van der Waals surface area contributed by atoms with E-state index >= 15 is 0 Å². The van der Waals surface area contributed by atoms with Crippen LogP contribution >= 0.6 is 11.3 Å². The third kappa shape index (κ3) is 5.57. The molecule has 108 valence electrons.